The van der Waals surface area contributed by atoms with Gasteiger partial charge in [-0.2, -0.15) is 0 Å². The zero-order valence-electron chi connectivity index (χ0n) is 35.2. The Balaban J connectivity index is -0.00000504. The van der Waals surface area contributed by atoms with Crippen LogP contribution in [0.15, 0.2) is 0 Å². The number of primary amides is 2. The summed E-state index contributed by atoms with van der Waals surface area (Å²) in [6.07, 6.45) is 7.02. The van der Waals surface area contributed by atoms with Gasteiger partial charge in [0.1, 0.15) is 19.3 Å². The summed E-state index contributed by atoms with van der Waals surface area (Å²) in [5.74, 6) is -2.42. The van der Waals surface area contributed by atoms with Gasteiger partial charge in [-0.25, -0.2) is 0 Å². The van der Waals surface area contributed by atoms with Crippen molar-refractivity contribution in [3.8, 4) is 0 Å². The van der Waals surface area contributed by atoms with Crippen LogP contribution in [0, 0.1) is 11.8 Å². The van der Waals surface area contributed by atoms with Gasteiger partial charge in [0, 0.05) is 50.9 Å². The van der Waals surface area contributed by atoms with Gasteiger partial charge in [-0.1, -0.05) is 34.1 Å². The second kappa shape index (κ2) is 43.8. The average molecular weight is 874 g/mol. The first-order valence-corrected chi connectivity index (χ1v) is 19.8. The van der Waals surface area contributed by atoms with Crippen molar-refractivity contribution >= 4 is 41.4 Å². The first kappa shape index (κ1) is 63.3. The molecular weight excluding hydrogens is 798 g/mol. The number of nitrogens with two attached hydrogens (primary N) is 4. The minimum atomic E-state index is -0.700. The molecule has 21 heteroatoms. The summed E-state index contributed by atoms with van der Waals surface area (Å²) in [5.41, 5.74) is 16.1. The van der Waals surface area contributed by atoms with E-state index in [4.69, 9.17) is 36.1 Å². The summed E-state index contributed by atoms with van der Waals surface area (Å²) >= 11 is 0. The molecule has 7 amide bonds. The molecule has 0 heterocycles. The molecule has 0 aliphatic rings. The molecule has 0 aliphatic heterocycles. The van der Waals surface area contributed by atoms with Gasteiger partial charge in [0.15, 0.2) is 0 Å². The fourth-order valence-electron chi connectivity index (χ4n) is 4.96. The van der Waals surface area contributed by atoms with Crippen LogP contribution in [0.25, 0.3) is 6.15 Å². The second-order valence-corrected chi connectivity index (χ2v) is 13.5. The molecule has 0 aromatic rings. The van der Waals surface area contributed by atoms with E-state index in [-0.39, 0.29) is 178 Å². The zero-order valence-corrected chi connectivity index (χ0v) is 38.3. The fourth-order valence-corrected chi connectivity index (χ4v) is 4.96. The predicted molar refractivity (Wildman–Crippen MR) is 220 cm³/mol. The number of carbonyl (C=O) groups is 7. The Morgan fingerprint density at radius 3 is 1.41 bits per heavy atom. The first-order valence-electron chi connectivity index (χ1n) is 19.8. The van der Waals surface area contributed by atoms with Gasteiger partial charge in [0.05, 0.1) is 39.6 Å². The Morgan fingerprint density at radius 1 is 0.508 bits per heavy atom. The van der Waals surface area contributed by atoms with E-state index in [0.29, 0.717) is 71.2 Å². The van der Waals surface area contributed by atoms with Crippen LogP contribution in [0.5, 0.6) is 0 Å². The van der Waals surface area contributed by atoms with Crippen LogP contribution in [-0.4, -0.2) is 133 Å². The zero-order chi connectivity index (χ0) is 41.8. The van der Waals surface area contributed by atoms with Gasteiger partial charge in [0.2, 0.25) is 41.4 Å². The van der Waals surface area contributed by atoms with E-state index in [2.05, 4.69) is 26.6 Å². The number of carbonyl (C=O) groups excluding carboxylic acids is 7. The number of unbranched alkanes of at least 4 members (excludes halogenated alkanes) is 3. The Morgan fingerprint density at radius 2 is 0.932 bits per heavy atom. The number of hydrogen-bond acceptors (Lipinski definition) is 12. The molecule has 20 nitrogen and oxygen atoms in total. The number of ether oxygens (including phenoxy) is 4. The number of amides is 7. The molecule has 0 fully saturated rings. The van der Waals surface area contributed by atoms with Gasteiger partial charge in [-0.3, -0.25) is 33.6 Å². The molecule has 0 aliphatic carbocycles. The standard InChI is InChI=1S/C37H70N8O11.CH4.K.H2N/c1-28(35(39)50)10-4-7-17-42-33(48)26-55-24-23-54-21-19-44-34(49)27-56-25-22-53-20-18-43-32(47)14-9-13-31(46)41-16-8-5-11-29(2)37(52)45-30(36(40)51)12-3-6-15-38;;;/h28-30H,3-27,38H2,1-2H3,(H2,39,50)(H2,40,51)(H,41,46)(H,42,48)(H,43,47)(H,44,49)(H,45,52);1H4;;1H2/q;;+1;-1/t28-,29-,30-;;;/m0.../s1. The van der Waals surface area contributed by atoms with E-state index >= 15 is 0 Å². The minimum absolute atomic E-state index is 0. The smallest absolute Gasteiger partial charge is 0.693 e. The van der Waals surface area contributed by atoms with Gasteiger partial charge < -0.3 is 68.9 Å². The van der Waals surface area contributed by atoms with Crippen molar-refractivity contribution in [2.24, 2.45) is 29.0 Å². The van der Waals surface area contributed by atoms with Crippen molar-refractivity contribution < 1.29 is 104 Å². The molecule has 0 spiro atoms. The third kappa shape index (κ3) is 40.8. The maximum absolute atomic E-state index is 12.4. The Kier molecular flexibility index (Phi) is 47.0. The maximum atomic E-state index is 12.4. The van der Waals surface area contributed by atoms with E-state index in [1.807, 2.05) is 0 Å². The predicted octanol–water partition coefficient (Wildman–Crippen LogP) is -2.76. The van der Waals surface area contributed by atoms with Crippen molar-refractivity contribution in [2.45, 2.75) is 104 Å². The summed E-state index contributed by atoms with van der Waals surface area (Å²) in [5, 5.41) is 13.7. The second-order valence-electron chi connectivity index (χ2n) is 13.5. The summed E-state index contributed by atoms with van der Waals surface area (Å²) < 4.78 is 21.3. The molecule has 0 rings (SSSR count). The molecule has 13 N–H and O–H groups in total. The molecule has 3 atom stereocenters. The third-order valence-electron chi connectivity index (χ3n) is 8.47. The largest absolute Gasteiger partial charge is 1.00 e. The molecule has 0 bridgehead atoms. The number of hydrogen-bond donors (Lipinski definition) is 8. The van der Waals surface area contributed by atoms with E-state index in [9.17, 15) is 33.6 Å². The summed E-state index contributed by atoms with van der Waals surface area (Å²) in [4.78, 5) is 82.7. The van der Waals surface area contributed by atoms with Crippen LogP contribution >= 0.6 is 0 Å². The number of rotatable bonds is 38. The van der Waals surface area contributed by atoms with Crippen LogP contribution in [0.1, 0.15) is 98.3 Å². The Hall–Kier alpha value is -2.31. The van der Waals surface area contributed by atoms with Crippen LogP contribution < -0.4 is 95.2 Å². The summed E-state index contributed by atoms with van der Waals surface area (Å²) in [6.45, 7) is 6.94. The minimum Gasteiger partial charge on any atom is -0.693 e. The van der Waals surface area contributed by atoms with E-state index in [1.165, 1.54) is 0 Å². The molecule has 0 unspecified atom stereocenters. The Bertz CT molecular complexity index is 1140. The van der Waals surface area contributed by atoms with Crippen molar-refractivity contribution in [3.05, 3.63) is 6.15 Å². The molecule has 0 aromatic heterocycles. The van der Waals surface area contributed by atoms with E-state index in [0.717, 1.165) is 25.7 Å². The third-order valence-corrected chi connectivity index (χ3v) is 8.47. The van der Waals surface area contributed by atoms with Crippen LogP contribution in [0.3, 0.4) is 0 Å². The van der Waals surface area contributed by atoms with Crippen molar-refractivity contribution in [2.75, 3.05) is 85.6 Å². The fraction of sp³-hybridized carbons (Fsp3) is 0.816. The van der Waals surface area contributed by atoms with Gasteiger partial charge in [-0.15, -0.1) is 0 Å². The quantitative estimate of drug-likeness (QED) is 0.0231. The van der Waals surface area contributed by atoms with Gasteiger partial charge in [-0.05, 0) is 57.9 Å². The average Bonchev–Trinajstić information content (AvgIpc) is 3.15. The molecule has 0 aromatic carbocycles. The Labute approximate surface area is 394 Å². The first-order chi connectivity index (χ1) is 26.9. The van der Waals surface area contributed by atoms with Crippen LogP contribution in [0.2, 0.25) is 0 Å². The normalized spacial score (nSPS) is 11.9. The van der Waals surface area contributed by atoms with E-state index < -0.39 is 11.9 Å². The van der Waals surface area contributed by atoms with E-state index in [1.54, 1.807) is 13.8 Å². The van der Waals surface area contributed by atoms with Crippen LogP contribution in [0.4, 0.5) is 0 Å². The maximum Gasteiger partial charge on any atom is 1.00 e. The van der Waals surface area contributed by atoms with Crippen LogP contribution in [-0.2, 0) is 52.5 Å². The van der Waals surface area contributed by atoms with Crippen molar-refractivity contribution in [1.82, 2.24) is 26.6 Å². The molecule has 0 radical (unpaired) electrons. The molecule has 0 saturated carbocycles. The van der Waals surface area contributed by atoms with Gasteiger partial charge in [0.25, 0.3) is 0 Å². The summed E-state index contributed by atoms with van der Waals surface area (Å²) in [7, 11) is 0. The topological polar surface area (TPSA) is 328 Å². The molecular formula is C38H76KN9O11. The SMILES string of the molecule is C.C[C@@H](CCCCNC(=O)COCCOCCNC(=O)COCCOCCNC(=O)CCCC(=O)NCCCC[C@H](C)C(=O)N[C@@H](CCCCN)C(N)=O)C(N)=O.[K+].[NH2-]. The van der Waals surface area contributed by atoms with Crippen molar-refractivity contribution in [3.63, 3.8) is 0 Å². The van der Waals surface area contributed by atoms with Gasteiger partial charge >= 0.3 is 51.4 Å². The van der Waals surface area contributed by atoms with Crippen molar-refractivity contribution in [1.29, 1.82) is 0 Å². The molecule has 59 heavy (non-hydrogen) atoms. The molecule has 340 valence electrons. The summed E-state index contributed by atoms with van der Waals surface area (Å²) in [6, 6.07) is -0.700. The monoisotopic (exact) mass is 874 g/mol. The molecule has 0 saturated heterocycles. The number of nitrogens with one attached hydrogen (secondary N) is 5.